The average Bonchev–Trinajstić information content (AvgIpc) is 2.54. The maximum atomic E-state index is 12.6. The van der Waals surface area contributed by atoms with Crippen molar-refractivity contribution in [3.05, 3.63) is 70.7 Å². The Kier molecular flexibility index (Phi) is 4.40. The minimum absolute atomic E-state index is 0.150. The Bertz CT molecular complexity index is 652. The van der Waals surface area contributed by atoms with Crippen LogP contribution in [-0.2, 0) is 15.1 Å². The molecular weight excluding hydrogens is 292 g/mol. The fraction of sp³-hybridized carbons (Fsp3) is 0.125. The summed E-state index contributed by atoms with van der Waals surface area (Å²) >= 11 is 5.77. The number of rotatable bonds is 4. The highest BCUT2D eigenvalue weighted by molar-refractivity contribution is 6.30. The molecule has 0 saturated carbocycles. The lowest BCUT2D eigenvalue weighted by molar-refractivity contribution is -0.158. The zero-order valence-corrected chi connectivity index (χ0v) is 12.0. The number of aliphatic hydroxyl groups is 1. The first kappa shape index (κ1) is 15.2. The summed E-state index contributed by atoms with van der Waals surface area (Å²) in [5.41, 5.74) is -2.07. The van der Waals surface area contributed by atoms with Crippen LogP contribution in [0.3, 0.4) is 0 Å². The summed E-state index contributed by atoms with van der Waals surface area (Å²) in [7, 11) is 1.12. The van der Waals surface area contributed by atoms with Gasteiger partial charge in [0.25, 0.3) is 5.60 Å². The topological polar surface area (TPSA) is 63.6 Å². The van der Waals surface area contributed by atoms with E-state index in [9.17, 15) is 14.7 Å². The molecule has 0 spiro atoms. The Hall–Kier alpha value is -2.17. The molecule has 5 heteroatoms. The maximum absolute atomic E-state index is 12.6. The van der Waals surface area contributed by atoms with Crippen molar-refractivity contribution in [2.75, 3.05) is 7.11 Å². The van der Waals surface area contributed by atoms with Gasteiger partial charge in [-0.1, -0.05) is 41.9 Å². The highest BCUT2D eigenvalue weighted by Crippen LogP contribution is 2.28. The van der Waals surface area contributed by atoms with E-state index in [1.165, 1.54) is 36.4 Å². The van der Waals surface area contributed by atoms with Gasteiger partial charge in [-0.3, -0.25) is 4.79 Å². The monoisotopic (exact) mass is 304 g/mol. The van der Waals surface area contributed by atoms with E-state index >= 15 is 0 Å². The van der Waals surface area contributed by atoms with Crippen LogP contribution in [0.4, 0.5) is 0 Å². The molecule has 4 nitrogen and oxygen atoms in total. The molecule has 0 amide bonds. The van der Waals surface area contributed by atoms with Gasteiger partial charge in [0.05, 0.1) is 7.11 Å². The van der Waals surface area contributed by atoms with E-state index in [2.05, 4.69) is 4.74 Å². The van der Waals surface area contributed by atoms with E-state index in [0.29, 0.717) is 5.02 Å². The lowest BCUT2D eigenvalue weighted by Gasteiger charge is -2.24. The number of esters is 1. The molecule has 2 aromatic carbocycles. The number of benzene rings is 2. The molecule has 2 rings (SSSR count). The first-order chi connectivity index (χ1) is 10.00. The van der Waals surface area contributed by atoms with Crippen molar-refractivity contribution in [3.63, 3.8) is 0 Å². The van der Waals surface area contributed by atoms with E-state index in [0.717, 1.165) is 7.11 Å². The van der Waals surface area contributed by atoms with Crippen molar-refractivity contribution >= 4 is 23.4 Å². The molecule has 0 heterocycles. The number of carbonyl (C=O) groups is 2. The van der Waals surface area contributed by atoms with Gasteiger partial charge in [0.2, 0.25) is 5.78 Å². The van der Waals surface area contributed by atoms with Crippen molar-refractivity contribution in [1.29, 1.82) is 0 Å². The lowest BCUT2D eigenvalue weighted by atomic mass is 9.86. The molecule has 0 aromatic heterocycles. The molecule has 0 aliphatic rings. The number of carbonyl (C=O) groups excluding carboxylic acids is 2. The molecule has 0 saturated heterocycles. The van der Waals surface area contributed by atoms with Crippen LogP contribution < -0.4 is 0 Å². The standard InChI is InChI=1S/C16H13ClO4/c1-21-15(19)16(20,12-5-3-2-4-6-12)14(18)11-7-9-13(17)10-8-11/h2-10,20H,1H3. The van der Waals surface area contributed by atoms with Crippen LogP contribution in [0.5, 0.6) is 0 Å². The molecule has 108 valence electrons. The van der Waals surface area contributed by atoms with Gasteiger partial charge in [0, 0.05) is 16.1 Å². The van der Waals surface area contributed by atoms with Gasteiger partial charge in [-0.05, 0) is 24.3 Å². The van der Waals surface area contributed by atoms with Crippen LogP contribution in [0, 0.1) is 0 Å². The van der Waals surface area contributed by atoms with E-state index in [1.54, 1.807) is 18.2 Å². The van der Waals surface area contributed by atoms with E-state index in [1.807, 2.05) is 0 Å². The van der Waals surface area contributed by atoms with Gasteiger partial charge in [-0.15, -0.1) is 0 Å². The molecule has 1 N–H and O–H groups in total. The summed E-state index contributed by atoms with van der Waals surface area (Å²) < 4.78 is 4.60. The summed E-state index contributed by atoms with van der Waals surface area (Å²) in [6.45, 7) is 0. The van der Waals surface area contributed by atoms with Crippen LogP contribution >= 0.6 is 11.6 Å². The quantitative estimate of drug-likeness (QED) is 0.536. The fourth-order valence-corrected chi connectivity index (χ4v) is 2.10. The Morgan fingerprint density at radius 2 is 1.62 bits per heavy atom. The van der Waals surface area contributed by atoms with Gasteiger partial charge in [0.15, 0.2) is 0 Å². The number of methoxy groups -OCH3 is 1. The zero-order chi connectivity index (χ0) is 15.5. The summed E-state index contributed by atoms with van der Waals surface area (Å²) in [4.78, 5) is 24.6. The third-order valence-corrected chi connectivity index (χ3v) is 3.36. The molecule has 0 aliphatic heterocycles. The zero-order valence-electron chi connectivity index (χ0n) is 11.2. The Labute approximate surface area is 126 Å². The predicted octanol–water partition coefficient (Wildman–Crippen LogP) is 2.58. The van der Waals surface area contributed by atoms with Gasteiger partial charge >= 0.3 is 5.97 Å². The van der Waals surface area contributed by atoms with Crippen LogP contribution in [0.2, 0.25) is 5.02 Å². The van der Waals surface area contributed by atoms with Crippen LogP contribution in [0.1, 0.15) is 15.9 Å². The van der Waals surface area contributed by atoms with Gasteiger partial charge in [0.1, 0.15) is 0 Å². The molecule has 1 atom stereocenters. The van der Waals surface area contributed by atoms with Crippen molar-refractivity contribution in [2.45, 2.75) is 5.60 Å². The largest absolute Gasteiger partial charge is 0.466 e. The second-order valence-electron chi connectivity index (χ2n) is 4.40. The summed E-state index contributed by atoms with van der Waals surface area (Å²) in [5.74, 6) is -1.80. The molecule has 0 radical (unpaired) electrons. The lowest BCUT2D eigenvalue weighted by Crippen LogP contribution is -2.44. The van der Waals surface area contributed by atoms with E-state index in [-0.39, 0.29) is 11.1 Å². The van der Waals surface area contributed by atoms with Crippen LogP contribution in [-0.4, -0.2) is 24.0 Å². The SMILES string of the molecule is COC(=O)C(O)(C(=O)c1ccc(Cl)cc1)c1ccccc1. The molecular formula is C16H13ClO4. The van der Waals surface area contributed by atoms with Crippen molar-refractivity contribution in [2.24, 2.45) is 0 Å². The number of ketones is 1. The van der Waals surface area contributed by atoms with Crippen molar-refractivity contribution in [1.82, 2.24) is 0 Å². The third-order valence-electron chi connectivity index (χ3n) is 3.11. The molecule has 0 fully saturated rings. The Morgan fingerprint density at radius 3 is 2.14 bits per heavy atom. The second kappa shape index (κ2) is 6.08. The summed E-state index contributed by atoms with van der Waals surface area (Å²) in [6.07, 6.45) is 0. The molecule has 0 aliphatic carbocycles. The van der Waals surface area contributed by atoms with Crippen molar-refractivity contribution < 1.29 is 19.4 Å². The fourth-order valence-electron chi connectivity index (χ4n) is 1.98. The normalized spacial score (nSPS) is 13.3. The Balaban J connectivity index is 2.53. The third kappa shape index (κ3) is 2.82. The minimum atomic E-state index is -2.39. The Morgan fingerprint density at radius 1 is 1.05 bits per heavy atom. The molecule has 1 unspecified atom stereocenters. The smallest absolute Gasteiger partial charge is 0.350 e. The second-order valence-corrected chi connectivity index (χ2v) is 4.84. The first-order valence-electron chi connectivity index (χ1n) is 6.17. The number of hydrogen-bond donors (Lipinski definition) is 1. The van der Waals surface area contributed by atoms with Crippen LogP contribution in [0.25, 0.3) is 0 Å². The van der Waals surface area contributed by atoms with Crippen molar-refractivity contribution in [3.8, 4) is 0 Å². The highest BCUT2D eigenvalue weighted by Gasteiger charge is 2.47. The predicted molar refractivity (Wildman–Crippen MR) is 78.1 cm³/mol. The average molecular weight is 305 g/mol. The maximum Gasteiger partial charge on any atom is 0.350 e. The minimum Gasteiger partial charge on any atom is -0.466 e. The number of hydrogen-bond acceptors (Lipinski definition) is 4. The van der Waals surface area contributed by atoms with Crippen LogP contribution in [0.15, 0.2) is 54.6 Å². The van der Waals surface area contributed by atoms with E-state index in [4.69, 9.17) is 11.6 Å². The summed E-state index contributed by atoms with van der Waals surface area (Å²) in [5, 5.41) is 11.1. The number of halogens is 1. The van der Waals surface area contributed by atoms with Gasteiger partial charge in [-0.2, -0.15) is 0 Å². The molecule has 2 aromatic rings. The number of Topliss-reactive ketones (excluding diaryl/α,β-unsaturated/α-hetero) is 1. The van der Waals surface area contributed by atoms with E-state index < -0.39 is 17.4 Å². The van der Waals surface area contributed by atoms with Gasteiger partial charge in [-0.25, -0.2) is 4.79 Å². The first-order valence-corrected chi connectivity index (χ1v) is 6.54. The number of ether oxygens (including phenoxy) is 1. The van der Waals surface area contributed by atoms with Gasteiger partial charge < -0.3 is 9.84 Å². The highest BCUT2D eigenvalue weighted by atomic mass is 35.5. The molecule has 21 heavy (non-hydrogen) atoms. The molecule has 0 bridgehead atoms. The summed E-state index contributed by atoms with van der Waals surface area (Å²) in [6, 6.07) is 13.9.